The number of rotatable bonds is 5. The third-order valence-corrected chi connectivity index (χ3v) is 4.90. The molecule has 122 valence electrons. The molecular formula is C17H19FN2O2S. The first-order chi connectivity index (χ1) is 11.2. The smallest absolute Gasteiger partial charge is 0.251 e. The summed E-state index contributed by atoms with van der Waals surface area (Å²) in [5.74, 6) is 1.51. The van der Waals surface area contributed by atoms with Crippen molar-refractivity contribution in [1.29, 1.82) is 0 Å². The molecule has 1 fully saturated rings. The molecule has 1 aromatic carbocycles. The van der Waals surface area contributed by atoms with Gasteiger partial charge in [-0.1, -0.05) is 6.07 Å². The van der Waals surface area contributed by atoms with Gasteiger partial charge >= 0.3 is 0 Å². The molecule has 0 spiro atoms. The van der Waals surface area contributed by atoms with Gasteiger partial charge in [-0.25, -0.2) is 4.39 Å². The van der Waals surface area contributed by atoms with Crippen molar-refractivity contribution in [3.05, 3.63) is 59.8 Å². The topological polar surface area (TPSA) is 45.5 Å². The third-order valence-electron chi connectivity index (χ3n) is 3.96. The molecule has 1 N–H and O–H groups in total. The van der Waals surface area contributed by atoms with E-state index in [9.17, 15) is 9.18 Å². The molecule has 1 aliphatic rings. The number of hydrogen-bond acceptors (Lipinski definition) is 4. The summed E-state index contributed by atoms with van der Waals surface area (Å²) in [6, 6.07) is 7.74. The average Bonchev–Trinajstić information content (AvgIpc) is 3.10. The summed E-state index contributed by atoms with van der Waals surface area (Å²) in [7, 11) is 0. The second-order valence-electron chi connectivity index (χ2n) is 5.44. The van der Waals surface area contributed by atoms with E-state index in [1.54, 1.807) is 24.7 Å². The van der Waals surface area contributed by atoms with Gasteiger partial charge in [0.15, 0.2) is 0 Å². The van der Waals surface area contributed by atoms with Gasteiger partial charge in [0, 0.05) is 42.3 Å². The molecule has 0 aliphatic carbocycles. The van der Waals surface area contributed by atoms with Crippen molar-refractivity contribution in [2.45, 2.75) is 6.04 Å². The Morgan fingerprint density at radius 2 is 2.17 bits per heavy atom. The molecule has 2 aromatic rings. The van der Waals surface area contributed by atoms with Crippen LogP contribution in [0.3, 0.4) is 0 Å². The van der Waals surface area contributed by atoms with Gasteiger partial charge in [0.05, 0.1) is 18.6 Å². The van der Waals surface area contributed by atoms with E-state index in [2.05, 4.69) is 10.2 Å². The molecule has 23 heavy (non-hydrogen) atoms. The van der Waals surface area contributed by atoms with Gasteiger partial charge in [0.2, 0.25) is 0 Å². The summed E-state index contributed by atoms with van der Waals surface area (Å²) in [5, 5.41) is 2.92. The molecule has 0 radical (unpaired) electrons. The van der Waals surface area contributed by atoms with E-state index in [4.69, 9.17) is 4.42 Å². The summed E-state index contributed by atoms with van der Waals surface area (Å²) in [4.78, 5) is 14.6. The van der Waals surface area contributed by atoms with E-state index in [1.807, 2.05) is 17.8 Å². The Morgan fingerprint density at radius 1 is 1.35 bits per heavy atom. The summed E-state index contributed by atoms with van der Waals surface area (Å²) in [5.41, 5.74) is 1.39. The molecule has 6 heteroatoms. The molecule has 2 heterocycles. The van der Waals surface area contributed by atoms with Gasteiger partial charge in [-0.15, -0.1) is 0 Å². The van der Waals surface area contributed by atoms with Crippen LogP contribution in [-0.4, -0.2) is 41.9 Å². The van der Waals surface area contributed by atoms with Crippen molar-refractivity contribution in [3.8, 4) is 0 Å². The second-order valence-corrected chi connectivity index (χ2v) is 6.67. The van der Waals surface area contributed by atoms with Crippen LogP contribution in [-0.2, 0) is 0 Å². The molecule has 1 atom stereocenters. The number of amides is 1. The molecule has 1 aromatic heterocycles. The first kappa shape index (κ1) is 16.1. The lowest BCUT2D eigenvalue weighted by Crippen LogP contribution is -2.41. The van der Waals surface area contributed by atoms with Crippen LogP contribution in [0, 0.1) is 5.82 Å². The number of carbonyl (C=O) groups excluding carboxylic acids is 1. The van der Waals surface area contributed by atoms with Gasteiger partial charge in [-0.3, -0.25) is 9.69 Å². The van der Waals surface area contributed by atoms with Crippen molar-refractivity contribution >= 4 is 17.7 Å². The highest BCUT2D eigenvalue weighted by molar-refractivity contribution is 7.99. The zero-order chi connectivity index (χ0) is 16.1. The number of nitrogens with one attached hydrogen (secondary N) is 1. The lowest BCUT2D eigenvalue weighted by molar-refractivity contribution is 0.0934. The molecule has 0 saturated carbocycles. The van der Waals surface area contributed by atoms with Gasteiger partial charge < -0.3 is 9.73 Å². The maximum atomic E-state index is 13.2. The molecule has 0 bridgehead atoms. The molecule has 1 saturated heterocycles. The van der Waals surface area contributed by atoms with Gasteiger partial charge in [0.1, 0.15) is 5.82 Å². The fraction of sp³-hybridized carbons (Fsp3) is 0.353. The number of hydrogen-bond donors (Lipinski definition) is 1. The average molecular weight is 334 g/mol. The maximum Gasteiger partial charge on any atom is 0.251 e. The van der Waals surface area contributed by atoms with Crippen molar-refractivity contribution in [2.75, 3.05) is 31.1 Å². The fourth-order valence-electron chi connectivity index (χ4n) is 2.73. The standard InChI is InChI=1S/C17H19FN2O2S/c18-15-3-1-2-13(10-15)17(21)19-11-16(14-4-7-22-12-14)20-5-8-23-9-6-20/h1-4,7,10,12,16H,5-6,8-9,11H2,(H,19,21)/t16-/m0/s1. The normalized spacial score (nSPS) is 16.9. The van der Waals surface area contributed by atoms with Crippen molar-refractivity contribution in [3.63, 3.8) is 0 Å². The molecule has 3 rings (SSSR count). The Morgan fingerprint density at radius 3 is 2.87 bits per heavy atom. The number of furan rings is 1. The van der Waals surface area contributed by atoms with E-state index in [0.717, 1.165) is 30.2 Å². The number of nitrogens with zero attached hydrogens (tertiary/aromatic N) is 1. The molecular weight excluding hydrogens is 315 g/mol. The lowest BCUT2D eigenvalue weighted by atomic mass is 10.1. The Labute approximate surface area is 139 Å². The van der Waals surface area contributed by atoms with Crippen LogP contribution in [0.15, 0.2) is 47.3 Å². The monoisotopic (exact) mass is 334 g/mol. The first-order valence-electron chi connectivity index (χ1n) is 7.62. The Hall–Kier alpha value is -1.79. The van der Waals surface area contributed by atoms with Crippen molar-refractivity contribution < 1.29 is 13.6 Å². The molecule has 0 unspecified atom stereocenters. The van der Waals surface area contributed by atoms with Crippen LogP contribution in [0.5, 0.6) is 0 Å². The lowest BCUT2D eigenvalue weighted by Gasteiger charge is -2.34. The van der Waals surface area contributed by atoms with Crippen molar-refractivity contribution in [2.24, 2.45) is 0 Å². The Balaban J connectivity index is 1.67. The van der Waals surface area contributed by atoms with Crippen LogP contribution in [0.25, 0.3) is 0 Å². The van der Waals surface area contributed by atoms with Crippen LogP contribution in [0.4, 0.5) is 4.39 Å². The SMILES string of the molecule is O=C(NC[C@@H](c1ccoc1)N1CCSCC1)c1cccc(F)c1. The largest absolute Gasteiger partial charge is 0.472 e. The van der Waals surface area contributed by atoms with Crippen LogP contribution >= 0.6 is 11.8 Å². The van der Waals surface area contributed by atoms with Gasteiger partial charge in [-0.2, -0.15) is 11.8 Å². The third kappa shape index (κ3) is 4.14. The zero-order valence-corrected chi connectivity index (χ0v) is 13.5. The minimum atomic E-state index is -0.405. The highest BCUT2D eigenvalue weighted by Crippen LogP contribution is 2.24. The number of benzene rings is 1. The molecule has 1 aliphatic heterocycles. The van der Waals surface area contributed by atoms with Crippen LogP contribution < -0.4 is 5.32 Å². The van der Waals surface area contributed by atoms with Gasteiger partial charge in [0.25, 0.3) is 5.91 Å². The summed E-state index contributed by atoms with van der Waals surface area (Å²) < 4.78 is 18.4. The maximum absolute atomic E-state index is 13.2. The van der Waals surface area contributed by atoms with E-state index in [1.165, 1.54) is 12.1 Å². The van der Waals surface area contributed by atoms with E-state index in [-0.39, 0.29) is 11.9 Å². The number of halogens is 1. The summed E-state index contributed by atoms with van der Waals surface area (Å²) in [6.45, 7) is 2.44. The summed E-state index contributed by atoms with van der Waals surface area (Å²) >= 11 is 1.94. The number of thioether (sulfide) groups is 1. The fourth-order valence-corrected chi connectivity index (χ4v) is 3.66. The minimum Gasteiger partial charge on any atom is -0.472 e. The van der Waals surface area contributed by atoms with Crippen LogP contribution in [0.2, 0.25) is 0 Å². The first-order valence-corrected chi connectivity index (χ1v) is 8.77. The highest BCUT2D eigenvalue weighted by Gasteiger charge is 2.24. The predicted octanol–water partition coefficient (Wildman–Crippen LogP) is 2.94. The second kappa shape index (κ2) is 7.66. The zero-order valence-electron chi connectivity index (χ0n) is 12.7. The predicted molar refractivity (Wildman–Crippen MR) is 89.1 cm³/mol. The highest BCUT2D eigenvalue weighted by atomic mass is 32.2. The molecule has 1 amide bonds. The van der Waals surface area contributed by atoms with E-state index >= 15 is 0 Å². The van der Waals surface area contributed by atoms with E-state index < -0.39 is 5.82 Å². The van der Waals surface area contributed by atoms with E-state index in [0.29, 0.717) is 12.1 Å². The van der Waals surface area contributed by atoms with Gasteiger partial charge in [-0.05, 0) is 24.3 Å². The minimum absolute atomic E-state index is 0.0761. The number of carbonyl (C=O) groups is 1. The Kier molecular flexibility index (Phi) is 5.35. The van der Waals surface area contributed by atoms with Crippen molar-refractivity contribution in [1.82, 2.24) is 10.2 Å². The quantitative estimate of drug-likeness (QED) is 0.913. The molecule has 4 nitrogen and oxygen atoms in total. The Bertz CT molecular complexity index is 642. The summed E-state index contributed by atoms with van der Waals surface area (Å²) in [6.07, 6.45) is 3.37. The van der Waals surface area contributed by atoms with Crippen LogP contribution in [0.1, 0.15) is 22.0 Å².